The van der Waals surface area contributed by atoms with Crippen LogP contribution in [0.4, 0.5) is 0 Å². The summed E-state index contributed by atoms with van der Waals surface area (Å²) in [7, 11) is 0. The SMILES string of the molecule is C=CCOC(C)COC(C)COC(=O)C=C. The molecule has 0 rings (SSSR count). The van der Waals surface area contributed by atoms with Crippen LogP contribution in [0.25, 0.3) is 0 Å². The molecule has 0 amide bonds. The Bertz CT molecular complexity index is 225. The fraction of sp³-hybridized carbons (Fsp3) is 0.583. The first-order valence-corrected chi connectivity index (χ1v) is 5.23. The molecule has 0 saturated carbocycles. The number of ether oxygens (including phenoxy) is 3. The predicted octanol–water partition coefficient (Wildman–Crippen LogP) is 1.71. The lowest BCUT2D eigenvalue weighted by Gasteiger charge is -2.16. The normalized spacial score (nSPS) is 13.9. The summed E-state index contributed by atoms with van der Waals surface area (Å²) in [6.07, 6.45) is 2.66. The molecule has 0 bridgehead atoms. The van der Waals surface area contributed by atoms with Crippen LogP contribution in [0.1, 0.15) is 13.8 Å². The molecule has 2 unspecified atom stereocenters. The summed E-state index contributed by atoms with van der Waals surface area (Å²) in [6.45, 7) is 11.8. The largest absolute Gasteiger partial charge is 0.460 e. The van der Waals surface area contributed by atoms with Gasteiger partial charge in [-0.2, -0.15) is 0 Å². The lowest BCUT2D eigenvalue weighted by atomic mass is 10.4. The maximum atomic E-state index is 10.8. The first-order chi connectivity index (χ1) is 7.60. The summed E-state index contributed by atoms with van der Waals surface area (Å²) in [4.78, 5) is 10.8. The van der Waals surface area contributed by atoms with Gasteiger partial charge in [-0.25, -0.2) is 4.79 Å². The Morgan fingerprint density at radius 1 is 1.19 bits per heavy atom. The number of esters is 1. The summed E-state index contributed by atoms with van der Waals surface area (Å²) < 4.78 is 15.6. The third kappa shape index (κ3) is 8.20. The van der Waals surface area contributed by atoms with E-state index in [9.17, 15) is 4.79 Å². The third-order valence-corrected chi connectivity index (χ3v) is 1.74. The number of hydrogen-bond donors (Lipinski definition) is 0. The zero-order valence-corrected chi connectivity index (χ0v) is 9.98. The summed E-state index contributed by atoms with van der Waals surface area (Å²) in [5.74, 6) is -0.439. The van der Waals surface area contributed by atoms with Gasteiger partial charge in [0.2, 0.25) is 0 Å². The van der Waals surface area contributed by atoms with E-state index >= 15 is 0 Å². The predicted molar refractivity (Wildman–Crippen MR) is 62.2 cm³/mol. The van der Waals surface area contributed by atoms with Crippen molar-refractivity contribution in [3.63, 3.8) is 0 Å². The smallest absolute Gasteiger partial charge is 0.330 e. The van der Waals surface area contributed by atoms with Gasteiger partial charge in [0, 0.05) is 6.08 Å². The second-order valence-electron chi connectivity index (χ2n) is 3.41. The van der Waals surface area contributed by atoms with E-state index in [0.717, 1.165) is 6.08 Å². The minimum atomic E-state index is -0.439. The Balaban J connectivity index is 3.55. The van der Waals surface area contributed by atoms with Gasteiger partial charge in [0.05, 0.1) is 25.4 Å². The maximum Gasteiger partial charge on any atom is 0.330 e. The second-order valence-corrected chi connectivity index (χ2v) is 3.41. The zero-order chi connectivity index (χ0) is 12.4. The molecular weight excluding hydrogens is 208 g/mol. The maximum absolute atomic E-state index is 10.8. The van der Waals surface area contributed by atoms with Gasteiger partial charge in [0.15, 0.2) is 0 Å². The van der Waals surface area contributed by atoms with Gasteiger partial charge >= 0.3 is 5.97 Å². The van der Waals surface area contributed by atoms with Crippen LogP contribution >= 0.6 is 0 Å². The van der Waals surface area contributed by atoms with Crippen LogP contribution in [0.3, 0.4) is 0 Å². The highest BCUT2D eigenvalue weighted by molar-refractivity contribution is 5.81. The van der Waals surface area contributed by atoms with Crippen LogP contribution in [-0.2, 0) is 19.0 Å². The van der Waals surface area contributed by atoms with E-state index in [-0.39, 0.29) is 18.8 Å². The lowest BCUT2D eigenvalue weighted by molar-refractivity contribution is -0.142. The molecule has 0 aromatic rings. The quantitative estimate of drug-likeness (QED) is 0.342. The minimum absolute atomic E-state index is 0.00411. The topological polar surface area (TPSA) is 44.8 Å². The average Bonchev–Trinajstić information content (AvgIpc) is 2.30. The summed E-state index contributed by atoms with van der Waals surface area (Å²) in [5, 5.41) is 0. The van der Waals surface area contributed by atoms with Crippen LogP contribution in [0, 0.1) is 0 Å². The molecule has 0 N–H and O–H groups in total. The van der Waals surface area contributed by atoms with Crippen molar-refractivity contribution in [1.82, 2.24) is 0 Å². The number of carbonyl (C=O) groups is 1. The van der Waals surface area contributed by atoms with Crippen LogP contribution in [0.2, 0.25) is 0 Å². The van der Waals surface area contributed by atoms with E-state index < -0.39 is 5.97 Å². The Morgan fingerprint density at radius 2 is 1.81 bits per heavy atom. The van der Waals surface area contributed by atoms with E-state index in [0.29, 0.717) is 13.2 Å². The van der Waals surface area contributed by atoms with Gasteiger partial charge in [-0.3, -0.25) is 0 Å². The van der Waals surface area contributed by atoms with Gasteiger partial charge in [0.25, 0.3) is 0 Å². The highest BCUT2D eigenvalue weighted by Gasteiger charge is 2.08. The van der Waals surface area contributed by atoms with Gasteiger partial charge in [0.1, 0.15) is 6.61 Å². The molecule has 0 aliphatic carbocycles. The number of carbonyl (C=O) groups excluding carboxylic acids is 1. The molecule has 0 aliphatic rings. The van der Waals surface area contributed by atoms with Gasteiger partial charge < -0.3 is 14.2 Å². The monoisotopic (exact) mass is 228 g/mol. The van der Waals surface area contributed by atoms with Crippen molar-refractivity contribution in [2.24, 2.45) is 0 Å². The molecule has 0 aliphatic heterocycles. The Hall–Kier alpha value is -1.13. The second kappa shape index (κ2) is 9.12. The van der Waals surface area contributed by atoms with Crippen LogP contribution in [0.15, 0.2) is 25.3 Å². The highest BCUT2D eigenvalue weighted by atomic mass is 16.6. The van der Waals surface area contributed by atoms with E-state index in [2.05, 4.69) is 13.2 Å². The number of hydrogen-bond acceptors (Lipinski definition) is 4. The van der Waals surface area contributed by atoms with Crippen molar-refractivity contribution in [2.45, 2.75) is 26.1 Å². The molecule has 0 heterocycles. The first-order valence-electron chi connectivity index (χ1n) is 5.23. The minimum Gasteiger partial charge on any atom is -0.460 e. The molecule has 0 aromatic carbocycles. The highest BCUT2D eigenvalue weighted by Crippen LogP contribution is 1.98. The van der Waals surface area contributed by atoms with Crippen molar-refractivity contribution in [1.29, 1.82) is 0 Å². The van der Waals surface area contributed by atoms with E-state index in [1.807, 2.05) is 13.8 Å². The summed E-state index contributed by atoms with van der Waals surface area (Å²) >= 11 is 0. The molecule has 0 spiro atoms. The molecule has 16 heavy (non-hydrogen) atoms. The lowest BCUT2D eigenvalue weighted by Crippen LogP contribution is -2.24. The van der Waals surface area contributed by atoms with Crippen molar-refractivity contribution in [3.8, 4) is 0 Å². The molecular formula is C12H20O4. The zero-order valence-electron chi connectivity index (χ0n) is 9.98. The Labute approximate surface area is 96.9 Å². The van der Waals surface area contributed by atoms with Crippen LogP contribution < -0.4 is 0 Å². The van der Waals surface area contributed by atoms with Crippen LogP contribution in [0.5, 0.6) is 0 Å². The van der Waals surface area contributed by atoms with Gasteiger partial charge in [-0.05, 0) is 13.8 Å². The van der Waals surface area contributed by atoms with Crippen molar-refractivity contribution in [3.05, 3.63) is 25.3 Å². The standard InChI is InChI=1S/C12H20O4/c1-5-7-14-10(3)8-15-11(4)9-16-12(13)6-2/h5-6,10-11H,1-2,7-9H2,3-4H3. The van der Waals surface area contributed by atoms with Crippen LogP contribution in [-0.4, -0.2) is 38.0 Å². The summed E-state index contributed by atoms with van der Waals surface area (Å²) in [6, 6.07) is 0. The molecule has 2 atom stereocenters. The summed E-state index contributed by atoms with van der Waals surface area (Å²) in [5.41, 5.74) is 0. The molecule has 0 saturated heterocycles. The van der Waals surface area contributed by atoms with Gasteiger partial charge in [-0.1, -0.05) is 12.7 Å². The average molecular weight is 228 g/mol. The molecule has 4 heteroatoms. The van der Waals surface area contributed by atoms with E-state index in [1.54, 1.807) is 6.08 Å². The van der Waals surface area contributed by atoms with Crippen molar-refractivity contribution < 1.29 is 19.0 Å². The molecule has 0 fully saturated rings. The Kier molecular flexibility index (Phi) is 8.48. The molecule has 0 aromatic heterocycles. The molecule has 4 nitrogen and oxygen atoms in total. The Morgan fingerprint density at radius 3 is 2.38 bits per heavy atom. The fourth-order valence-electron chi connectivity index (χ4n) is 0.887. The third-order valence-electron chi connectivity index (χ3n) is 1.74. The van der Waals surface area contributed by atoms with Crippen molar-refractivity contribution in [2.75, 3.05) is 19.8 Å². The molecule has 0 radical (unpaired) electrons. The van der Waals surface area contributed by atoms with E-state index in [1.165, 1.54) is 0 Å². The first kappa shape index (κ1) is 14.9. The van der Waals surface area contributed by atoms with Gasteiger partial charge in [-0.15, -0.1) is 6.58 Å². The van der Waals surface area contributed by atoms with Crippen molar-refractivity contribution >= 4 is 5.97 Å². The fourth-order valence-corrected chi connectivity index (χ4v) is 0.887. The molecule has 92 valence electrons. The number of rotatable bonds is 9. The van der Waals surface area contributed by atoms with E-state index in [4.69, 9.17) is 14.2 Å².